The Morgan fingerprint density at radius 1 is 1.20 bits per heavy atom. The standard InChI is InChI=1S/C16H23N3O/c1-4-13-11-14(19(5-2)18-13)12-17-15-9-7-8-10-16(15)20-6-3/h7-11,17H,4-6,12H2,1-3H3. The molecule has 0 saturated carbocycles. The minimum atomic E-state index is 0.672. The first-order valence-corrected chi connectivity index (χ1v) is 7.29. The number of anilines is 1. The number of aryl methyl sites for hydroxylation is 2. The van der Waals surface area contributed by atoms with Crippen molar-refractivity contribution in [3.63, 3.8) is 0 Å². The van der Waals surface area contributed by atoms with Gasteiger partial charge in [0.15, 0.2) is 0 Å². The van der Waals surface area contributed by atoms with Gasteiger partial charge in [0.2, 0.25) is 0 Å². The highest BCUT2D eigenvalue weighted by Gasteiger charge is 2.07. The van der Waals surface area contributed by atoms with Crippen LogP contribution in [0.4, 0.5) is 5.69 Å². The summed E-state index contributed by atoms with van der Waals surface area (Å²) in [6.07, 6.45) is 0.968. The fraction of sp³-hybridized carbons (Fsp3) is 0.438. The lowest BCUT2D eigenvalue weighted by molar-refractivity contribution is 0.341. The normalized spacial score (nSPS) is 10.6. The molecule has 1 N–H and O–H groups in total. The van der Waals surface area contributed by atoms with E-state index >= 15 is 0 Å². The van der Waals surface area contributed by atoms with Crippen LogP contribution in [0, 0.1) is 0 Å². The minimum Gasteiger partial charge on any atom is -0.492 e. The summed E-state index contributed by atoms with van der Waals surface area (Å²) < 4.78 is 7.67. The molecule has 108 valence electrons. The lowest BCUT2D eigenvalue weighted by atomic mass is 10.2. The van der Waals surface area contributed by atoms with Gasteiger partial charge in [-0.15, -0.1) is 0 Å². The van der Waals surface area contributed by atoms with Gasteiger partial charge in [-0.1, -0.05) is 19.1 Å². The van der Waals surface area contributed by atoms with Crippen molar-refractivity contribution >= 4 is 5.69 Å². The number of hydrogen-bond acceptors (Lipinski definition) is 3. The SMILES string of the molecule is CCOc1ccccc1NCc1cc(CC)nn1CC. The third-order valence-corrected chi connectivity index (χ3v) is 3.22. The molecule has 1 heterocycles. The molecule has 4 heteroatoms. The number of nitrogens with one attached hydrogen (secondary N) is 1. The minimum absolute atomic E-state index is 0.672. The predicted octanol–water partition coefficient (Wildman–Crippen LogP) is 3.48. The number of aromatic nitrogens is 2. The molecular formula is C16H23N3O. The quantitative estimate of drug-likeness (QED) is 0.839. The highest BCUT2D eigenvalue weighted by atomic mass is 16.5. The van der Waals surface area contributed by atoms with Gasteiger partial charge >= 0.3 is 0 Å². The molecule has 0 fully saturated rings. The fourth-order valence-electron chi connectivity index (χ4n) is 2.18. The van der Waals surface area contributed by atoms with Gasteiger partial charge in [-0.25, -0.2) is 0 Å². The molecule has 0 atom stereocenters. The molecule has 2 rings (SSSR count). The first-order chi connectivity index (χ1) is 9.78. The van der Waals surface area contributed by atoms with Crippen LogP contribution in [0.1, 0.15) is 32.2 Å². The van der Waals surface area contributed by atoms with Crippen LogP contribution in [-0.4, -0.2) is 16.4 Å². The van der Waals surface area contributed by atoms with E-state index in [1.54, 1.807) is 0 Å². The molecule has 20 heavy (non-hydrogen) atoms. The fourth-order valence-corrected chi connectivity index (χ4v) is 2.18. The number of benzene rings is 1. The van der Waals surface area contributed by atoms with E-state index in [1.807, 2.05) is 31.2 Å². The molecule has 0 aliphatic rings. The van der Waals surface area contributed by atoms with E-state index in [0.29, 0.717) is 6.61 Å². The van der Waals surface area contributed by atoms with Crippen LogP contribution >= 0.6 is 0 Å². The first-order valence-electron chi connectivity index (χ1n) is 7.29. The van der Waals surface area contributed by atoms with Crippen LogP contribution in [0.3, 0.4) is 0 Å². The van der Waals surface area contributed by atoms with Gasteiger partial charge in [-0.3, -0.25) is 4.68 Å². The summed E-state index contributed by atoms with van der Waals surface area (Å²) in [5.74, 6) is 0.897. The van der Waals surface area contributed by atoms with Crippen molar-refractivity contribution in [3.05, 3.63) is 41.7 Å². The number of para-hydroxylation sites is 2. The van der Waals surface area contributed by atoms with E-state index in [-0.39, 0.29) is 0 Å². The monoisotopic (exact) mass is 273 g/mol. The molecule has 0 aliphatic carbocycles. The summed E-state index contributed by atoms with van der Waals surface area (Å²) in [6, 6.07) is 10.2. The zero-order valence-corrected chi connectivity index (χ0v) is 12.5. The van der Waals surface area contributed by atoms with Gasteiger partial charge in [0, 0.05) is 6.54 Å². The van der Waals surface area contributed by atoms with Gasteiger partial charge in [-0.05, 0) is 38.5 Å². The van der Waals surface area contributed by atoms with E-state index in [9.17, 15) is 0 Å². The van der Waals surface area contributed by atoms with E-state index in [2.05, 4.69) is 35.0 Å². The Balaban J connectivity index is 2.10. The van der Waals surface area contributed by atoms with Crippen LogP contribution in [0.25, 0.3) is 0 Å². The summed E-state index contributed by atoms with van der Waals surface area (Å²) >= 11 is 0. The third kappa shape index (κ3) is 3.32. The summed E-state index contributed by atoms with van der Waals surface area (Å²) in [6.45, 7) is 8.56. The number of rotatable bonds is 7. The number of ether oxygens (including phenoxy) is 1. The highest BCUT2D eigenvalue weighted by molar-refractivity contribution is 5.56. The molecule has 0 bridgehead atoms. The maximum atomic E-state index is 5.62. The first kappa shape index (κ1) is 14.4. The summed E-state index contributed by atoms with van der Waals surface area (Å²) in [7, 11) is 0. The van der Waals surface area contributed by atoms with E-state index in [4.69, 9.17) is 4.74 Å². The molecule has 0 saturated heterocycles. The third-order valence-electron chi connectivity index (χ3n) is 3.22. The zero-order chi connectivity index (χ0) is 14.4. The Hall–Kier alpha value is -1.97. The average molecular weight is 273 g/mol. The van der Waals surface area contributed by atoms with Gasteiger partial charge in [0.1, 0.15) is 5.75 Å². The molecule has 0 amide bonds. The topological polar surface area (TPSA) is 39.1 Å². The second kappa shape index (κ2) is 6.98. The van der Waals surface area contributed by atoms with E-state index in [0.717, 1.165) is 36.6 Å². The van der Waals surface area contributed by atoms with Crippen molar-refractivity contribution in [1.82, 2.24) is 9.78 Å². The summed E-state index contributed by atoms with van der Waals surface area (Å²) in [5, 5.41) is 8.00. The molecule has 1 aromatic carbocycles. The number of hydrogen-bond donors (Lipinski definition) is 1. The molecule has 4 nitrogen and oxygen atoms in total. The maximum Gasteiger partial charge on any atom is 0.142 e. The lowest BCUT2D eigenvalue weighted by Crippen LogP contribution is -2.08. The predicted molar refractivity (Wildman–Crippen MR) is 82.2 cm³/mol. The van der Waals surface area contributed by atoms with Crippen LogP contribution in [0.2, 0.25) is 0 Å². The van der Waals surface area contributed by atoms with Gasteiger partial charge < -0.3 is 10.1 Å². The molecule has 0 spiro atoms. The average Bonchev–Trinajstić information content (AvgIpc) is 2.89. The Bertz CT molecular complexity index is 548. The van der Waals surface area contributed by atoms with Crippen molar-refractivity contribution < 1.29 is 4.74 Å². The maximum absolute atomic E-state index is 5.62. The van der Waals surface area contributed by atoms with E-state index in [1.165, 1.54) is 5.69 Å². The molecule has 2 aromatic rings. The van der Waals surface area contributed by atoms with Gasteiger partial charge in [0.25, 0.3) is 0 Å². The molecule has 1 aromatic heterocycles. The van der Waals surface area contributed by atoms with Gasteiger partial charge in [0.05, 0.1) is 30.2 Å². The van der Waals surface area contributed by atoms with Crippen molar-refractivity contribution in [3.8, 4) is 5.75 Å². The smallest absolute Gasteiger partial charge is 0.142 e. The van der Waals surface area contributed by atoms with Crippen molar-refractivity contribution in [1.29, 1.82) is 0 Å². The Morgan fingerprint density at radius 3 is 2.70 bits per heavy atom. The van der Waals surface area contributed by atoms with Crippen LogP contribution < -0.4 is 10.1 Å². The Labute approximate surface area is 120 Å². The van der Waals surface area contributed by atoms with Crippen molar-refractivity contribution in [2.45, 2.75) is 40.3 Å². The molecular weight excluding hydrogens is 250 g/mol. The van der Waals surface area contributed by atoms with Crippen LogP contribution in [0.15, 0.2) is 30.3 Å². The lowest BCUT2D eigenvalue weighted by Gasteiger charge is -2.12. The number of nitrogens with zero attached hydrogens (tertiary/aromatic N) is 2. The van der Waals surface area contributed by atoms with Crippen molar-refractivity contribution in [2.24, 2.45) is 0 Å². The van der Waals surface area contributed by atoms with E-state index < -0.39 is 0 Å². The van der Waals surface area contributed by atoms with Gasteiger partial charge in [-0.2, -0.15) is 5.10 Å². The van der Waals surface area contributed by atoms with Crippen molar-refractivity contribution in [2.75, 3.05) is 11.9 Å². The second-order valence-electron chi connectivity index (χ2n) is 4.58. The second-order valence-corrected chi connectivity index (χ2v) is 4.58. The van der Waals surface area contributed by atoms with Crippen LogP contribution in [-0.2, 0) is 19.5 Å². The van der Waals surface area contributed by atoms with Crippen LogP contribution in [0.5, 0.6) is 5.75 Å². The Morgan fingerprint density at radius 2 is 2.00 bits per heavy atom. The summed E-state index contributed by atoms with van der Waals surface area (Å²) in [4.78, 5) is 0. The summed E-state index contributed by atoms with van der Waals surface area (Å²) in [5.41, 5.74) is 3.37. The zero-order valence-electron chi connectivity index (χ0n) is 12.5. The molecule has 0 aliphatic heterocycles. The highest BCUT2D eigenvalue weighted by Crippen LogP contribution is 2.24. The Kier molecular flexibility index (Phi) is 5.04. The molecule has 0 radical (unpaired) electrons. The molecule has 0 unspecified atom stereocenters. The largest absolute Gasteiger partial charge is 0.492 e.